The van der Waals surface area contributed by atoms with Crippen LogP contribution in [0.3, 0.4) is 0 Å². The minimum absolute atomic E-state index is 0.478. The smallest absolute Gasteiger partial charge is 0.374 e. The van der Waals surface area contributed by atoms with Crippen molar-refractivity contribution in [2.24, 2.45) is 0 Å². The second-order valence-corrected chi connectivity index (χ2v) is 2.25. The summed E-state index contributed by atoms with van der Waals surface area (Å²) in [6.07, 6.45) is -0.880. The lowest BCUT2D eigenvalue weighted by molar-refractivity contribution is -0.137. The van der Waals surface area contributed by atoms with Crippen molar-refractivity contribution in [2.75, 3.05) is 0 Å². The first kappa shape index (κ1) is 7.71. The number of carbonyl (C=O) groups excluding carboxylic acids is 3. The van der Waals surface area contributed by atoms with Crippen LogP contribution in [-0.4, -0.2) is 28.9 Å². The van der Waals surface area contributed by atoms with Gasteiger partial charge in [-0.15, -0.1) is 0 Å². The molecule has 60 valence electrons. The molecule has 0 N–H and O–H groups in total. The number of imide groups is 1. The number of rotatable bonds is 0. The lowest BCUT2D eigenvalue weighted by atomic mass is 10.3. The minimum atomic E-state index is -0.880. The molecule has 0 spiro atoms. The highest BCUT2D eigenvalue weighted by atomic mass is 16.6. The van der Waals surface area contributed by atoms with Gasteiger partial charge in [-0.1, -0.05) is 0 Å². The molecule has 1 saturated heterocycles. The lowest BCUT2D eigenvalue weighted by Gasteiger charge is -2.10. The average Bonchev–Trinajstić information content (AvgIpc) is 2.07. The van der Waals surface area contributed by atoms with Crippen LogP contribution < -0.4 is 0 Å². The highest BCUT2D eigenvalue weighted by Crippen LogP contribution is 2.12. The van der Waals surface area contributed by atoms with Crippen molar-refractivity contribution in [1.82, 2.24) is 4.90 Å². The van der Waals surface area contributed by atoms with Crippen LogP contribution in [-0.2, 0) is 14.3 Å². The van der Waals surface area contributed by atoms with E-state index in [1.165, 1.54) is 13.8 Å². The molecule has 1 aliphatic rings. The molecule has 2 amide bonds. The fourth-order valence-corrected chi connectivity index (χ4v) is 0.885. The van der Waals surface area contributed by atoms with Crippen LogP contribution in [0.5, 0.6) is 0 Å². The summed E-state index contributed by atoms with van der Waals surface area (Å²) < 4.78 is 4.17. The predicted octanol–water partition coefficient (Wildman–Crippen LogP) is -0.0998. The number of esters is 1. The number of hydrogen-bond donors (Lipinski definition) is 0. The van der Waals surface area contributed by atoms with Crippen molar-refractivity contribution in [3.05, 3.63) is 0 Å². The Balaban J connectivity index is 2.88. The largest absolute Gasteiger partial charge is 0.425 e. The van der Waals surface area contributed by atoms with Crippen molar-refractivity contribution in [3.63, 3.8) is 0 Å². The van der Waals surface area contributed by atoms with E-state index in [1.807, 2.05) is 0 Å². The van der Waals surface area contributed by atoms with Crippen molar-refractivity contribution in [1.29, 1.82) is 0 Å². The molecule has 1 rings (SSSR count). The summed E-state index contributed by atoms with van der Waals surface area (Å²) >= 11 is 0. The van der Waals surface area contributed by atoms with Gasteiger partial charge in [-0.25, -0.2) is 14.5 Å². The standard InChI is InChI=1S/C6H7NO4/c1-3-5(9)11-6(10)7(3)4(2)8/h3H,1-2H3. The first-order valence-corrected chi connectivity index (χ1v) is 3.09. The summed E-state index contributed by atoms with van der Waals surface area (Å²) in [6, 6.07) is -0.778. The van der Waals surface area contributed by atoms with Crippen LogP contribution in [0.4, 0.5) is 4.79 Å². The summed E-state index contributed by atoms with van der Waals surface area (Å²) in [7, 11) is 0. The van der Waals surface area contributed by atoms with Crippen LogP contribution >= 0.6 is 0 Å². The van der Waals surface area contributed by atoms with Gasteiger partial charge in [0.25, 0.3) is 0 Å². The highest BCUT2D eigenvalue weighted by Gasteiger charge is 2.40. The molecule has 1 aliphatic heterocycles. The summed E-state index contributed by atoms with van der Waals surface area (Å²) in [5, 5.41) is 0. The molecule has 1 atom stereocenters. The van der Waals surface area contributed by atoms with E-state index >= 15 is 0 Å². The van der Waals surface area contributed by atoms with Crippen LogP contribution in [0.25, 0.3) is 0 Å². The molecule has 0 aromatic rings. The van der Waals surface area contributed by atoms with E-state index in [0.29, 0.717) is 0 Å². The molecule has 0 aromatic heterocycles. The van der Waals surface area contributed by atoms with Crippen LogP contribution in [0.15, 0.2) is 0 Å². The molecule has 0 aliphatic carbocycles. The molecular weight excluding hydrogens is 150 g/mol. The molecule has 0 radical (unpaired) electrons. The Morgan fingerprint density at radius 2 is 2.09 bits per heavy atom. The van der Waals surface area contributed by atoms with Gasteiger partial charge < -0.3 is 4.74 Å². The van der Waals surface area contributed by atoms with Crippen LogP contribution in [0.1, 0.15) is 13.8 Å². The second-order valence-electron chi connectivity index (χ2n) is 2.25. The Kier molecular flexibility index (Phi) is 1.64. The van der Waals surface area contributed by atoms with Gasteiger partial charge in [-0.2, -0.15) is 0 Å². The Morgan fingerprint density at radius 1 is 1.55 bits per heavy atom. The van der Waals surface area contributed by atoms with Gasteiger partial charge in [0, 0.05) is 6.92 Å². The number of cyclic esters (lactones) is 2. The zero-order chi connectivity index (χ0) is 8.59. The topological polar surface area (TPSA) is 63.7 Å². The Labute approximate surface area is 62.9 Å². The van der Waals surface area contributed by atoms with Gasteiger partial charge in [0.15, 0.2) is 0 Å². The SMILES string of the molecule is CC(=O)N1C(=O)OC(=O)C1C. The number of nitrogens with zero attached hydrogens (tertiary/aromatic N) is 1. The molecular formula is C6H7NO4. The van der Waals surface area contributed by atoms with Gasteiger partial charge in [0.2, 0.25) is 5.91 Å². The normalized spacial score (nSPS) is 23.8. The summed E-state index contributed by atoms with van der Waals surface area (Å²) in [5.41, 5.74) is 0. The van der Waals surface area contributed by atoms with E-state index in [4.69, 9.17) is 0 Å². The highest BCUT2D eigenvalue weighted by molar-refractivity contribution is 6.04. The molecule has 0 aromatic carbocycles. The van der Waals surface area contributed by atoms with Crippen molar-refractivity contribution in [3.8, 4) is 0 Å². The second kappa shape index (κ2) is 2.34. The maximum Gasteiger partial charge on any atom is 0.425 e. The minimum Gasteiger partial charge on any atom is -0.374 e. The lowest BCUT2D eigenvalue weighted by Crippen LogP contribution is -2.36. The molecule has 5 nitrogen and oxygen atoms in total. The van der Waals surface area contributed by atoms with Crippen molar-refractivity contribution >= 4 is 18.0 Å². The third kappa shape index (κ3) is 1.09. The first-order chi connectivity index (χ1) is 5.04. The molecule has 1 heterocycles. The Bertz CT molecular complexity index is 235. The molecule has 5 heteroatoms. The monoisotopic (exact) mass is 157 g/mol. The number of hydrogen-bond acceptors (Lipinski definition) is 4. The van der Waals surface area contributed by atoms with Gasteiger partial charge in [-0.3, -0.25) is 4.79 Å². The quantitative estimate of drug-likeness (QED) is 0.364. The predicted molar refractivity (Wildman–Crippen MR) is 33.5 cm³/mol. The van der Waals surface area contributed by atoms with Gasteiger partial charge >= 0.3 is 12.1 Å². The average molecular weight is 157 g/mol. The third-order valence-corrected chi connectivity index (χ3v) is 1.45. The molecule has 1 fully saturated rings. The van der Waals surface area contributed by atoms with Gasteiger partial charge in [0.05, 0.1) is 0 Å². The Morgan fingerprint density at radius 3 is 2.27 bits per heavy atom. The molecule has 0 saturated carbocycles. The molecule has 1 unspecified atom stereocenters. The van der Waals surface area contributed by atoms with E-state index in [0.717, 1.165) is 4.90 Å². The number of carbonyl (C=O) groups is 3. The fraction of sp³-hybridized carbons (Fsp3) is 0.500. The molecule has 0 bridgehead atoms. The van der Waals surface area contributed by atoms with E-state index in [9.17, 15) is 14.4 Å². The Hall–Kier alpha value is -1.39. The first-order valence-electron chi connectivity index (χ1n) is 3.09. The maximum absolute atomic E-state index is 10.7. The number of amides is 2. The zero-order valence-electron chi connectivity index (χ0n) is 6.16. The van der Waals surface area contributed by atoms with Gasteiger partial charge in [0.1, 0.15) is 6.04 Å². The maximum atomic E-state index is 10.7. The van der Waals surface area contributed by atoms with E-state index < -0.39 is 24.0 Å². The zero-order valence-corrected chi connectivity index (χ0v) is 6.16. The van der Waals surface area contributed by atoms with Crippen LogP contribution in [0, 0.1) is 0 Å². The van der Waals surface area contributed by atoms with E-state index in [1.54, 1.807) is 0 Å². The fourth-order valence-electron chi connectivity index (χ4n) is 0.885. The third-order valence-electron chi connectivity index (χ3n) is 1.45. The molecule has 11 heavy (non-hydrogen) atoms. The van der Waals surface area contributed by atoms with E-state index in [2.05, 4.69) is 4.74 Å². The van der Waals surface area contributed by atoms with E-state index in [-0.39, 0.29) is 0 Å². The van der Waals surface area contributed by atoms with Crippen molar-refractivity contribution in [2.45, 2.75) is 19.9 Å². The van der Waals surface area contributed by atoms with Crippen LogP contribution in [0.2, 0.25) is 0 Å². The summed E-state index contributed by atoms with van der Waals surface area (Å²) in [5.74, 6) is -1.15. The van der Waals surface area contributed by atoms with Crippen molar-refractivity contribution < 1.29 is 19.1 Å². The number of ether oxygens (including phenoxy) is 1. The summed E-state index contributed by atoms with van der Waals surface area (Å²) in [6.45, 7) is 2.64. The van der Waals surface area contributed by atoms with Gasteiger partial charge in [-0.05, 0) is 6.92 Å². The summed E-state index contributed by atoms with van der Waals surface area (Å²) in [4.78, 5) is 32.8.